The molecular formula is C15H23N3O2. The fourth-order valence-corrected chi connectivity index (χ4v) is 2.35. The SMILES string of the molecule is CC1CN(CC(=O)Nc2cccc(CN)c2)C(C)CO1. The van der Waals surface area contributed by atoms with Gasteiger partial charge in [-0.05, 0) is 31.5 Å². The van der Waals surface area contributed by atoms with Crippen LogP contribution in [0.3, 0.4) is 0 Å². The Kier molecular flexibility index (Phi) is 5.11. The number of nitrogens with two attached hydrogens (primary N) is 1. The Balaban J connectivity index is 1.91. The first-order valence-electron chi connectivity index (χ1n) is 7.03. The van der Waals surface area contributed by atoms with Crippen LogP contribution in [0, 0.1) is 0 Å². The molecule has 1 saturated heterocycles. The van der Waals surface area contributed by atoms with Gasteiger partial charge in [-0.3, -0.25) is 9.69 Å². The standard InChI is InChI=1S/C15H23N3O2/c1-11-10-20-12(2)8-18(11)9-15(19)17-14-5-3-4-13(6-14)7-16/h3-6,11-12H,7-10,16H2,1-2H3,(H,17,19). The second-order valence-corrected chi connectivity index (χ2v) is 5.38. The first kappa shape index (κ1) is 15.0. The van der Waals surface area contributed by atoms with E-state index in [1.165, 1.54) is 0 Å². The lowest BCUT2D eigenvalue weighted by Crippen LogP contribution is -2.50. The molecule has 2 atom stereocenters. The van der Waals surface area contributed by atoms with Gasteiger partial charge in [0, 0.05) is 24.8 Å². The van der Waals surface area contributed by atoms with Gasteiger partial charge in [0.2, 0.25) is 5.91 Å². The van der Waals surface area contributed by atoms with E-state index in [2.05, 4.69) is 17.1 Å². The van der Waals surface area contributed by atoms with E-state index in [1.54, 1.807) is 0 Å². The summed E-state index contributed by atoms with van der Waals surface area (Å²) in [6.45, 7) is 6.44. The number of rotatable bonds is 4. The highest BCUT2D eigenvalue weighted by molar-refractivity contribution is 5.92. The number of nitrogens with one attached hydrogen (secondary N) is 1. The number of morpholine rings is 1. The number of anilines is 1. The van der Waals surface area contributed by atoms with Gasteiger partial charge in [-0.15, -0.1) is 0 Å². The van der Waals surface area contributed by atoms with E-state index < -0.39 is 0 Å². The second-order valence-electron chi connectivity index (χ2n) is 5.38. The van der Waals surface area contributed by atoms with E-state index in [0.29, 0.717) is 19.7 Å². The van der Waals surface area contributed by atoms with E-state index in [-0.39, 0.29) is 18.1 Å². The third kappa shape index (κ3) is 4.03. The number of carbonyl (C=O) groups excluding carboxylic acids is 1. The Morgan fingerprint density at radius 3 is 3.05 bits per heavy atom. The van der Waals surface area contributed by atoms with Gasteiger partial charge in [-0.2, -0.15) is 0 Å². The maximum Gasteiger partial charge on any atom is 0.238 e. The van der Waals surface area contributed by atoms with Crippen molar-refractivity contribution in [2.45, 2.75) is 32.5 Å². The highest BCUT2D eigenvalue weighted by Crippen LogP contribution is 2.13. The summed E-state index contributed by atoms with van der Waals surface area (Å²) in [6, 6.07) is 7.90. The van der Waals surface area contributed by atoms with Crippen LogP contribution >= 0.6 is 0 Å². The number of hydrogen-bond donors (Lipinski definition) is 2. The molecule has 1 aromatic rings. The molecule has 3 N–H and O–H groups in total. The van der Waals surface area contributed by atoms with Crippen LogP contribution in [0.5, 0.6) is 0 Å². The predicted molar refractivity (Wildman–Crippen MR) is 79.4 cm³/mol. The maximum atomic E-state index is 12.1. The summed E-state index contributed by atoms with van der Waals surface area (Å²) in [7, 11) is 0. The average molecular weight is 277 g/mol. The van der Waals surface area contributed by atoms with E-state index in [1.807, 2.05) is 31.2 Å². The zero-order valence-electron chi connectivity index (χ0n) is 12.1. The van der Waals surface area contributed by atoms with E-state index >= 15 is 0 Å². The lowest BCUT2D eigenvalue weighted by atomic mass is 10.2. The molecule has 0 saturated carbocycles. The first-order chi connectivity index (χ1) is 9.58. The summed E-state index contributed by atoms with van der Waals surface area (Å²) >= 11 is 0. The van der Waals surface area contributed by atoms with Gasteiger partial charge in [0.15, 0.2) is 0 Å². The summed E-state index contributed by atoms with van der Waals surface area (Å²) in [4.78, 5) is 14.3. The number of nitrogens with zero attached hydrogens (tertiary/aromatic N) is 1. The van der Waals surface area contributed by atoms with E-state index in [0.717, 1.165) is 17.8 Å². The zero-order valence-corrected chi connectivity index (χ0v) is 12.1. The topological polar surface area (TPSA) is 67.6 Å². The van der Waals surface area contributed by atoms with E-state index in [9.17, 15) is 4.79 Å². The molecule has 2 unspecified atom stereocenters. The van der Waals surface area contributed by atoms with Crippen molar-refractivity contribution in [3.05, 3.63) is 29.8 Å². The van der Waals surface area contributed by atoms with Crippen molar-refractivity contribution in [3.63, 3.8) is 0 Å². The van der Waals surface area contributed by atoms with Crippen molar-refractivity contribution < 1.29 is 9.53 Å². The second kappa shape index (κ2) is 6.83. The number of amides is 1. The Labute approximate surface area is 120 Å². The molecule has 20 heavy (non-hydrogen) atoms. The molecule has 0 spiro atoms. The molecule has 1 aliphatic heterocycles. The highest BCUT2D eigenvalue weighted by atomic mass is 16.5. The number of ether oxygens (including phenoxy) is 1. The van der Waals surface area contributed by atoms with Crippen LogP contribution < -0.4 is 11.1 Å². The zero-order chi connectivity index (χ0) is 14.5. The number of hydrogen-bond acceptors (Lipinski definition) is 4. The minimum absolute atomic E-state index is 0.000112. The monoisotopic (exact) mass is 277 g/mol. The van der Waals surface area contributed by atoms with Crippen LogP contribution in [0.1, 0.15) is 19.4 Å². The normalized spacial score (nSPS) is 23.6. The molecule has 1 amide bonds. The smallest absolute Gasteiger partial charge is 0.238 e. The van der Waals surface area contributed by atoms with Gasteiger partial charge in [-0.1, -0.05) is 12.1 Å². The van der Waals surface area contributed by atoms with Gasteiger partial charge in [-0.25, -0.2) is 0 Å². The van der Waals surface area contributed by atoms with Gasteiger partial charge < -0.3 is 15.8 Å². The van der Waals surface area contributed by atoms with Crippen molar-refractivity contribution in [3.8, 4) is 0 Å². The third-order valence-corrected chi connectivity index (χ3v) is 3.53. The van der Waals surface area contributed by atoms with Crippen molar-refractivity contribution in [1.82, 2.24) is 4.90 Å². The summed E-state index contributed by atoms with van der Waals surface area (Å²) < 4.78 is 5.56. The molecule has 0 radical (unpaired) electrons. The van der Waals surface area contributed by atoms with Gasteiger partial charge in [0.1, 0.15) is 0 Å². The summed E-state index contributed by atoms with van der Waals surface area (Å²) in [6.07, 6.45) is 0.180. The van der Waals surface area contributed by atoms with Gasteiger partial charge >= 0.3 is 0 Å². The molecule has 0 aromatic heterocycles. The molecule has 0 bridgehead atoms. The van der Waals surface area contributed by atoms with Crippen molar-refractivity contribution in [1.29, 1.82) is 0 Å². The molecule has 0 aliphatic carbocycles. The minimum atomic E-state index is 0.000112. The maximum absolute atomic E-state index is 12.1. The lowest BCUT2D eigenvalue weighted by molar-refractivity contribution is -0.121. The van der Waals surface area contributed by atoms with Crippen molar-refractivity contribution >= 4 is 11.6 Å². The third-order valence-electron chi connectivity index (χ3n) is 3.53. The van der Waals surface area contributed by atoms with Crippen molar-refractivity contribution in [2.24, 2.45) is 5.73 Å². The van der Waals surface area contributed by atoms with Crippen LogP contribution in [-0.4, -0.2) is 42.6 Å². The Bertz CT molecular complexity index is 464. The molecule has 5 heteroatoms. The van der Waals surface area contributed by atoms with Crippen LogP contribution in [-0.2, 0) is 16.1 Å². The lowest BCUT2D eigenvalue weighted by Gasteiger charge is -2.36. The van der Waals surface area contributed by atoms with E-state index in [4.69, 9.17) is 10.5 Å². The Morgan fingerprint density at radius 1 is 1.50 bits per heavy atom. The van der Waals surface area contributed by atoms with Gasteiger partial charge in [0.05, 0.1) is 19.3 Å². The molecule has 1 aromatic carbocycles. The van der Waals surface area contributed by atoms with Gasteiger partial charge in [0.25, 0.3) is 0 Å². The Hall–Kier alpha value is -1.43. The summed E-state index contributed by atoms with van der Waals surface area (Å²) in [5.74, 6) is 0.000112. The number of carbonyl (C=O) groups is 1. The minimum Gasteiger partial charge on any atom is -0.376 e. The Morgan fingerprint density at radius 2 is 2.30 bits per heavy atom. The molecule has 2 rings (SSSR count). The first-order valence-corrected chi connectivity index (χ1v) is 7.03. The average Bonchev–Trinajstić information content (AvgIpc) is 2.43. The highest BCUT2D eigenvalue weighted by Gasteiger charge is 2.24. The molecule has 1 heterocycles. The molecule has 1 fully saturated rings. The summed E-state index contributed by atoms with van der Waals surface area (Å²) in [5.41, 5.74) is 7.41. The number of benzene rings is 1. The largest absolute Gasteiger partial charge is 0.376 e. The molecular weight excluding hydrogens is 254 g/mol. The fourth-order valence-electron chi connectivity index (χ4n) is 2.35. The predicted octanol–water partition coefficient (Wildman–Crippen LogP) is 1.19. The molecule has 110 valence electrons. The quantitative estimate of drug-likeness (QED) is 0.867. The molecule has 1 aliphatic rings. The van der Waals surface area contributed by atoms with Crippen LogP contribution in [0.2, 0.25) is 0 Å². The van der Waals surface area contributed by atoms with Crippen molar-refractivity contribution in [2.75, 3.05) is 25.0 Å². The van der Waals surface area contributed by atoms with Crippen LogP contribution in [0.15, 0.2) is 24.3 Å². The van der Waals surface area contributed by atoms with Crippen LogP contribution in [0.25, 0.3) is 0 Å². The van der Waals surface area contributed by atoms with Crippen LogP contribution in [0.4, 0.5) is 5.69 Å². The fraction of sp³-hybridized carbons (Fsp3) is 0.533. The summed E-state index contributed by atoms with van der Waals surface area (Å²) in [5, 5.41) is 2.92. The molecule has 5 nitrogen and oxygen atoms in total.